The summed E-state index contributed by atoms with van der Waals surface area (Å²) >= 11 is 2.28. The van der Waals surface area contributed by atoms with Crippen LogP contribution in [0.1, 0.15) is 50.6 Å². The van der Waals surface area contributed by atoms with Crippen LogP contribution in [0.5, 0.6) is 0 Å². The van der Waals surface area contributed by atoms with Crippen LogP contribution in [-0.4, -0.2) is 21.5 Å². The Kier molecular flexibility index (Phi) is 3.67. The molecule has 18 heavy (non-hydrogen) atoms. The lowest BCUT2D eigenvalue weighted by Gasteiger charge is -2.33. The fourth-order valence-corrected chi connectivity index (χ4v) is 4.15. The van der Waals surface area contributed by atoms with E-state index in [-0.39, 0.29) is 5.60 Å². The van der Waals surface area contributed by atoms with E-state index in [9.17, 15) is 0 Å². The Balaban J connectivity index is 1.64. The lowest BCUT2D eigenvalue weighted by atomic mass is 9.83. The van der Waals surface area contributed by atoms with Crippen LogP contribution < -0.4 is 0 Å². The zero-order chi connectivity index (χ0) is 12.6. The summed E-state index contributed by atoms with van der Waals surface area (Å²) in [5, 5.41) is 4.53. The summed E-state index contributed by atoms with van der Waals surface area (Å²) in [5.74, 6) is 0. The second-order valence-electron chi connectivity index (χ2n) is 5.81. The third-order valence-corrected chi connectivity index (χ3v) is 4.96. The number of hydrogen-bond acceptors (Lipinski definition) is 2. The first-order valence-electron chi connectivity index (χ1n) is 7.05. The largest absolute Gasteiger partial charge is 0.370 e. The molecule has 1 unspecified atom stereocenters. The predicted octanol–water partition coefficient (Wildman–Crippen LogP) is 3.68. The van der Waals surface area contributed by atoms with Gasteiger partial charge < -0.3 is 4.74 Å². The number of ether oxygens (including phenoxy) is 1. The molecule has 1 aliphatic heterocycles. The molecule has 1 saturated heterocycles. The molecule has 2 aliphatic rings. The summed E-state index contributed by atoms with van der Waals surface area (Å²) in [6.45, 7) is 3.05. The fraction of sp³-hybridized carbons (Fsp3) is 0.786. The average molecular weight is 360 g/mol. The van der Waals surface area contributed by atoms with Gasteiger partial charge in [0.05, 0.1) is 18.2 Å². The van der Waals surface area contributed by atoms with Crippen LogP contribution in [0, 0.1) is 10.6 Å². The van der Waals surface area contributed by atoms with Crippen molar-refractivity contribution >= 4 is 22.6 Å². The van der Waals surface area contributed by atoms with Crippen LogP contribution in [0.2, 0.25) is 0 Å². The van der Waals surface area contributed by atoms with Gasteiger partial charge in [0, 0.05) is 5.69 Å². The minimum absolute atomic E-state index is 0.233. The average Bonchev–Trinajstić information content (AvgIpc) is 2.86. The number of hydrogen-bond donors (Lipinski definition) is 0. The molecule has 2 heterocycles. The minimum atomic E-state index is 0.233. The molecule has 0 amide bonds. The van der Waals surface area contributed by atoms with E-state index < -0.39 is 0 Å². The van der Waals surface area contributed by atoms with Gasteiger partial charge in [-0.3, -0.25) is 4.68 Å². The molecule has 1 atom stereocenters. The van der Waals surface area contributed by atoms with E-state index in [0.717, 1.165) is 10.2 Å². The number of aromatic nitrogens is 2. The molecule has 3 rings (SSSR count). The van der Waals surface area contributed by atoms with Crippen molar-refractivity contribution < 1.29 is 4.74 Å². The smallest absolute Gasteiger partial charge is 0.123 e. The van der Waals surface area contributed by atoms with E-state index in [4.69, 9.17) is 4.74 Å². The standard InChI is InChI=1S/C14H21IN2O/c1-11-9-13(15)16-17(11)10-12-5-8-14(18-12)6-3-2-4-7-14/h9,12H,2-8,10H2,1H3. The summed E-state index contributed by atoms with van der Waals surface area (Å²) in [7, 11) is 0. The second kappa shape index (κ2) is 5.12. The molecule has 0 radical (unpaired) electrons. The molecule has 1 saturated carbocycles. The highest BCUT2D eigenvalue weighted by molar-refractivity contribution is 14.1. The van der Waals surface area contributed by atoms with Crippen LogP contribution in [-0.2, 0) is 11.3 Å². The van der Waals surface area contributed by atoms with E-state index >= 15 is 0 Å². The number of nitrogens with zero attached hydrogens (tertiary/aromatic N) is 2. The number of rotatable bonds is 2. The first-order valence-corrected chi connectivity index (χ1v) is 8.13. The third kappa shape index (κ3) is 2.59. The molecule has 4 heteroatoms. The van der Waals surface area contributed by atoms with Gasteiger partial charge in [-0.25, -0.2) is 0 Å². The van der Waals surface area contributed by atoms with E-state index in [0.29, 0.717) is 6.10 Å². The van der Waals surface area contributed by atoms with Gasteiger partial charge in [-0.15, -0.1) is 0 Å². The Morgan fingerprint density at radius 1 is 1.39 bits per heavy atom. The predicted molar refractivity (Wildman–Crippen MR) is 79.6 cm³/mol. The Morgan fingerprint density at radius 2 is 2.17 bits per heavy atom. The Bertz CT molecular complexity index is 423. The van der Waals surface area contributed by atoms with Gasteiger partial charge in [-0.05, 0) is 61.3 Å². The lowest BCUT2D eigenvalue weighted by molar-refractivity contribution is -0.0690. The van der Waals surface area contributed by atoms with Crippen LogP contribution >= 0.6 is 22.6 Å². The Labute approximate surface area is 122 Å². The van der Waals surface area contributed by atoms with Crippen molar-refractivity contribution in [1.82, 2.24) is 9.78 Å². The molecule has 1 aliphatic carbocycles. The maximum Gasteiger partial charge on any atom is 0.123 e. The van der Waals surface area contributed by atoms with Crippen molar-refractivity contribution in [2.75, 3.05) is 0 Å². The summed E-state index contributed by atoms with van der Waals surface area (Å²) in [5.41, 5.74) is 1.48. The summed E-state index contributed by atoms with van der Waals surface area (Å²) < 4.78 is 9.58. The van der Waals surface area contributed by atoms with Crippen molar-refractivity contribution in [2.45, 2.75) is 70.1 Å². The van der Waals surface area contributed by atoms with Gasteiger partial charge in [-0.2, -0.15) is 5.10 Å². The first-order chi connectivity index (χ1) is 8.67. The monoisotopic (exact) mass is 360 g/mol. The summed E-state index contributed by atoms with van der Waals surface area (Å²) in [6.07, 6.45) is 9.49. The van der Waals surface area contributed by atoms with Gasteiger partial charge in [0.2, 0.25) is 0 Å². The van der Waals surface area contributed by atoms with Crippen molar-refractivity contribution in [3.05, 3.63) is 15.5 Å². The van der Waals surface area contributed by atoms with Gasteiger partial charge in [0.25, 0.3) is 0 Å². The van der Waals surface area contributed by atoms with Crippen molar-refractivity contribution in [1.29, 1.82) is 0 Å². The van der Waals surface area contributed by atoms with E-state index in [1.807, 2.05) is 0 Å². The van der Waals surface area contributed by atoms with Crippen LogP contribution in [0.25, 0.3) is 0 Å². The molecule has 1 spiro atoms. The summed E-state index contributed by atoms with van der Waals surface area (Å²) in [6, 6.07) is 2.13. The SMILES string of the molecule is Cc1cc(I)nn1CC1CCC2(CCCCC2)O1. The summed E-state index contributed by atoms with van der Waals surface area (Å²) in [4.78, 5) is 0. The maximum atomic E-state index is 6.39. The number of halogens is 1. The lowest BCUT2D eigenvalue weighted by Crippen LogP contribution is -2.32. The second-order valence-corrected chi connectivity index (χ2v) is 6.92. The van der Waals surface area contributed by atoms with Gasteiger partial charge in [-0.1, -0.05) is 19.3 Å². The quantitative estimate of drug-likeness (QED) is 0.753. The normalized spacial score (nSPS) is 26.9. The highest BCUT2D eigenvalue weighted by Crippen LogP contribution is 2.42. The molecular weight excluding hydrogens is 339 g/mol. The van der Waals surface area contributed by atoms with E-state index in [2.05, 4.69) is 45.4 Å². The molecule has 0 N–H and O–H groups in total. The van der Waals surface area contributed by atoms with Gasteiger partial charge >= 0.3 is 0 Å². The van der Waals surface area contributed by atoms with E-state index in [1.165, 1.54) is 50.6 Å². The van der Waals surface area contributed by atoms with E-state index in [1.54, 1.807) is 0 Å². The molecule has 1 aromatic heterocycles. The maximum absolute atomic E-state index is 6.39. The van der Waals surface area contributed by atoms with Crippen LogP contribution in [0.4, 0.5) is 0 Å². The third-order valence-electron chi connectivity index (χ3n) is 4.43. The molecular formula is C14H21IN2O. The number of aryl methyl sites for hydroxylation is 1. The highest BCUT2D eigenvalue weighted by atomic mass is 127. The highest BCUT2D eigenvalue weighted by Gasteiger charge is 2.40. The Morgan fingerprint density at radius 3 is 2.83 bits per heavy atom. The molecule has 2 fully saturated rings. The fourth-order valence-electron chi connectivity index (χ4n) is 3.44. The van der Waals surface area contributed by atoms with Crippen LogP contribution in [0.15, 0.2) is 6.07 Å². The molecule has 0 aromatic carbocycles. The van der Waals surface area contributed by atoms with Crippen molar-refractivity contribution in [3.8, 4) is 0 Å². The minimum Gasteiger partial charge on any atom is -0.370 e. The molecule has 1 aromatic rings. The van der Waals surface area contributed by atoms with Gasteiger partial charge in [0.1, 0.15) is 3.70 Å². The van der Waals surface area contributed by atoms with Gasteiger partial charge in [0.15, 0.2) is 0 Å². The topological polar surface area (TPSA) is 27.1 Å². The van der Waals surface area contributed by atoms with Crippen molar-refractivity contribution in [2.24, 2.45) is 0 Å². The molecule has 100 valence electrons. The van der Waals surface area contributed by atoms with Crippen LogP contribution in [0.3, 0.4) is 0 Å². The first kappa shape index (κ1) is 12.9. The zero-order valence-electron chi connectivity index (χ0n) is 11.0. The molecule has 3 nitrogen and oxygen atoms in total. The zero-order valence-corrected chi connectivity index (χ0v) is 13.1. The Hall–Kier alpha value is -0.100. The molecule has 0 bridgehead atoms. The van der Waals surface area contributed by atoms with Crippen molar-refractivity contribution in [3.63, 3.8) is 0 Å².